The van der Waals surface area contributed by atoms with E-state index in [1.54, 1.807) is 13.1 Å². The first kappa shape index (κ1) is 22.0. The van der Waals surface area contributed by atoms with E-state index in [-0.39, 0.29) is 5.56 Å². The van der Waals surface area contributed by atoms with E-state index in [1.165, 1.54) is 16.8 Å². The van der Waals surface area contributed by atoms with Gasteiger partial charge in [-0.1, -0.05) is 0 Å². The number of aryl methyl sites for hydroxylation is 2. The molecule has 0 unspecified atom stereocenters. The second-order valence-electron chi connectivity index (χ2n) is 8.51. The Morgan fingerprint density at radius 2 is 1.74 bits per heavy atom. The first-order valence-electron chi connectivity index (χ1n) is 10.7. The number of pyridine rings is 2. The first-order valence-corrected chi connectivity index (χ1v) is 10.7. The molecule has 5 heterocycles. The van der Waals surface area contributed by atoms with Gasteiger partial charge in [-0.15, -0.1) is 5.10 Å². The molecule has 0 spiro atoms. The Bertz CT molecular complexity index is 1500. The molecule has 0 radical (unpaired) electrons. The Morgan fingerprint density at radius 3 is 2.50 bits per heavy atom. The fourth-order valence-corrected chi connectivity index (χ4v) is 4.25. The van der Waals surface area contributed by atoms with Crippen LogP contribution in [0.1, 0.15) is 33.6 Å². The Hall–Kier alpha value is -3.82. The van der Waals surface area contributed by atoms with Gasteiger partial charge in [-0.25, -0.2) is 4.98 Å². The van der Waals surface area contributed by atoms with Crippen LogP contribution in [0.25, 0.3) is 16.8 Å². The topological polar surface area (TPSA) is 76.3 Å². The van der Waals surface area contributed by atoms with Gasteiger partial charge in [0.1, 0.15) is 0 Å². The fourth-order valence-electron chi connectivity index (χ4n) is 4.25. The molecule has 0 saturated carbocycles. The van der Waals surface area contributed by atoms with Crippen molar-refractivity contribution < 1.29 is 13.2 Å². The van der Waals surface area contributed by atoms with Crippen molar-refractivity contribution in [3.8, 4) is 11.1 Å². The summed E-state index contributed by atoms with van der Waals surface area (Å²) < 4.78 is 40.7. The molecule has 0 bridgehead atoms. The Balaban J connectivity index is 1.53. The van der Waals surface area contributed by atoms with Gasteiger partial charge in [-0.2, -0.15) is 17.7 Å². The standard InChI is InChI=1S/C24H21F3N6O/c1-13-6-21(34)33-22(30-13)14(2)15(3)23(31-33)32-5-4-20-18(12-32)7-16(10-29-20)17-8-19(11-28-9-17)24(25,26)27/h6-11H,4-5,12H2,1-3H3. The number of fused-ring (bicyclic) bond motifs is 2. The van der Waals surface area contributed by atoms with Crippen molar-refractivity contribution in [1.82, 2.24) is 24.6 Å². The third kappa shape index (κ3) is 3.78. The van der Waals surface area contributed by atoms with Crippen molar-refractivity contribution in [3.05, 3.63) is 80.8 Å². The highest BCUT2D eigenvalue weighted by atomic mass is 19.4. The lowest BCUT2D eigenvalue weighted by Crippen LogP contribution is -2.34. The van der Waals surface area contributed by atoms with E-state index >= 15 is 0 Å². The highest BCUT2D eigenvalue weighted by molar-refractivity contribution is 5.65. The van der Waals surface area contributed by atoms with Crippen LogP contribution in [0.2, 0.25) is 0 Å². The van der Waals surface area contributed by atoms with Crippen molar-refractivity contribution in [2.75, 3.05) is 11.4 Å². The zero-order chi connectivity index (χ0) is 24.2. The summed E-state index contributed by atoms with van der Waals surface area (Å²) >= 11 is 0. The van der Waals surface area contributed by atoms with Gasteiger partial charge in [0.15, 0.2) is 11.5 Å². The summed E-state index contributed by atoms with van der Waals surface area (Å²) in [7, 11) is 0. The Kier molecular flexibility index (Phi) is 5.11. The Morgan fingerprint density at radius 1 is 0.971 bits per heavy atom. The van der Waals surface area contributed by atoms with Crippen LogP contribution in [0.5, 0.6) is 0 Å². The maximum Gasteiger partial charge on any atom is 0.417 e. The van der Waals surface area contributed by atoms with Crippen molar-refractivity contribution >= 4 is 11.5 Å². The van der Waals surface area contributed by atoms with Crippen molar-refractivity contribution in [3.63, 3.8) is 0 Å². The third-order valence-electron chi connectivity index (χ3n) is 6.19. The molecule has 4 aromatic rings. The monoisotopic (exact) mass is 466 g/mol. The van der Waals surface area contributed by atoms with Crippen molar-refractivity contribution in [1.29, 1.82) is 0 Å². The van der Waals surface area contributed by atoms with Crippen molar-refractivity contribution in [2.45, 2.75) is 39.9 Å². The van der Waals surface area contributed by atoms with E-state index in [1.807, 2.05) is 19.9 Å². The number of halogens is 3. The van der Waals surface area contributed by atoms with E-state index in [0.717, 1.165) is 34.6 Å². The minimum atomic E-state index is -4.47. The van der Waals surface area contributed by atoms with E-state index in [2.05, 4.69) is 25.0 Å². The van der Waals surface area contributed by atoms with Gasteiger partial charge in [0.2, 0.25) is 0 Å². The predicted octanol–water partition coefficient (Wildman–Crippen LogP) is 4.05. The molecule has 7 nitrogen and oxygen atoms in total. The van der Waals surface area contributed by atoms with Crippen molar-refractivity contribution in [2.24, 2.45) is 0 Å². The summed E-state index contributed by atoms with van der Waals surface area (Å²) in [5, 5.41) is 4.60. The molecule has 0 N–H and O–H groups in total. The number of nitrogens with zero attached hydrogens (tertiary/aromatic N) is 6. The average Bonchev–Trinajstić information content (AvgIpc) is 2.80. The average molecular weight is 466 g/mol. The summed E-state index contributed by atoms with van der Waals surface area (Å²) in [6.45, 7) is 6.76. The zero-order valence-corrected chi connectivity index (χ0v) is 18.8. The molecule has 1 aliphatic heterocycles. The minimum absolute atomic E-state index is 0.245. The molecule has 0 amide bonds. The molecule has 10 heteroatoms. The number of hydrogen-bond acceptors (Lipinski definition) is 6. The molecule has 0 atom stereocenters. The second-order valence-corrected chi connectivity index (χ2v) is 8.51. The molecule has 4 aromatic heterocycles. The fraction of sp³-hybridized carbons (Fsp3) is 0.292. The van der Waals surface area contributed by atoms with Crippen LogP contribution in [0.3, 0.4) is 0 Å². The van der Waals surface area contributed by atoms with Crippen LogP contribution in [0.4, 0.5) is 19.0 Å². The summed E-state index contributed by atoms with van der Waals surface area (Å²) in [5.74, 6) is 0.676. The van der Waals surface area contributed by atoms with Gasteiger partial charge in [0.05, 0.1) is 5.56 Å². The van der Waals surface area contributed by atoms with Crippen LogP contribution in [-0.2, 0) is 19.1 Å². The summed E-state index contributed by atoms with van der Waals surface area (Å²) in [4.78, 5) is 27.3. The molecular weight excluding hydrogens is 445 g/mol. The summed E-state index contributed by atoms with van der Waals surface area (Å²) in [6.07, 6.45) is -0.0203. The molecule has 1 aliphatic rings. The molecular formula is C24H21F3N6O. The third-order valence-corrected chi connectivity index (χ3v) is 6.19. The summed E-state index contributed by atoms with van der Waals surface area (Å²) in [6, 6.07) is 4.38. The minimum Gasteiger partial charge on any atom is -0.350 e. The number of aromatic nitrogens is 5. The number of rotatable bonds is 2. The maximum absolute atomic E-state index is 13.1. The van der Waals surface area contributed by atoms with Gasteiger partial charge in [-0.05, 0) is 38.5 Å². The molecule has 0 fully saturated rings. The molecule has 0 aromatic carbocycles. The summed E-state index contributed by atoms with van der Waals surface area (Å²) in [5.41, 5.74) is 4.63. The van der Waals surface area contributed by atoms with Gasteiger partial charge < -0.3 is 4.90 Å². The SMILES string of the molecule is Cc1cc(=O)n2nc(N3CCc4ncc(-c5cncc(C(F)(F)F)c5)cc4C3)c(C)c(C)c2n1. The number of alkyl halides is 3. The molecule has 0 saturated heterocycles. The van der Waals surface area contributed by atoms with Crippen LogP contribution >= 0.6 is 0 Å². The second kappa shape index (κ2) is 7.89. The molecule has 34 heavy (non-hydrogen) atoms. The lowest BCUT2D eigenvalue weighted by Gasteiger charge is -2.31. The van der Waals surface area contributed by atoms with E-state index < -0.39 is 11.7 Å². The van der Waals surface area contributed by atoms with E-state index in [9.17, 15) is 18.0 Å². The van der Waals surface area contributed by atoms with Crippen LogP contribution in [-0.4, -0.2) is 31.1 Å². The number of hydrogen-bond donors (Lipinski definition) is 0. The van der Waals surface area contributed by atoms with Crippen LogP contribution in [0.15, 0.2) is 41.6 Å². The normalized spacial score (nSPS) is 13.9. The maximum atomic E-state index is 13.1. The van der Waals surface area contributed by atoms with Gasteiger partial charge in [-0.3, -0.25) is 14.8 Å². The zero-order valence-electron chi connectivity index (χ0n) is 18.8. The lowest BCUT2D eigenvalue weighted by molar-refractivity contribution is -0.137. The number of anilines is 1. The quantitative estimate of drug-likeness (QED) is 0.444. The van der Waals surface area contributed by atoms with E-state index in [0.29, 0.717) is 47.8 Å². The van der Waals surface area contributed by atoms with Gasteiger partial charge in [0.25, 0.3) is 5.56 Å². The van der Waals surface area contributed by atoms with E-state index in [4.69, 9.17) is 0 Å². The molecule has 5 rings (SSSR count). The lowest BCUT2D eigenvalue weighted by atomic mass is 10.00. The Labute approximate surface area is 192 Å². The highest BCUT2D eigenvalue weighted by Crippen LogP contribution is 2.33. The van der Waals surface area contributed by atoms with Crippen LogP contribution < -0.4 is 10.5 Å². The highest BCUT2D eigenvalue weighted by Gasteiger charge is 2.31. The van der Waals surface area contributed by atoms with Gasteiger partial charge in [0, 0.05) is 77.8 Å². The first-order chi connectivity index (χ1) is 16.1. The largest absolute Gasteiger partial charge is 0.417 e. The smallest absolute Gasteiger partial charge is 0.350 e. The predicted molar refractivity (Wildman–Crippen MR) is 121 cm³/mol. The van der Waals surface area contributed by atoms with Crippen LogP contribution in [0, 0.1) is 20.8 Å². The van der Waals surface area contributed by atoms with Gasteiger partial charge >= 0.3 is 6.18 Å². The molecule has 174 valence electrons. The molecule has 0 aliphatic carbocycles.